The van der Waals surface area contributed by atoms with Crippen LogP contribution in [0.2, 0.25) is 0 Å². The van der Waals surface area contributed by atoms with E-state index in [1.54, 1.807) is 38.1 Å². The van der Waals surface area contributed by atoms with Gasteiger partial charge in [-0.2, -0.15) is 0 Å². The highest BCUT2D eigenvalue weighted by Gasteiger charge is 2.49. The standard InChI is InChI=1S/C15H21NO4/c1-3-19-13(17)15(10-11-16,14(18)20-4-2)12-8-6-5-7-9-12/h5-9H,3-4,10-11,16H2,1-2H3. The number of hydrogen-bond acceptors (Lipinski definition) is 5. The molecule has 0 unspecified atom stereocenters. The van der Waals surface area contributed by atoms with E-state index in [1.807, 2.05) is 6.07 Å². The molecule has 20 heavy (non-hydrogen) atoms. The van der Waals surface area contributed by atoms with Gasteiger partial charge in [0.1, 0.15) is 0 Å². The molecule has 0 saturated carbocycles. The maximum Gasteiger partial charge on any atom is 0.328 e. The fourth-order valence-electron chi connectivity index (χ4n) is 2.12. The van der Waals surface area contributed by atoms with Crippen molar-refractivity contribution in [1.29, 1.82) is 0 Å². The Hall–Kier alpha value is -1.88. The van der Waals surface area contributed by atoms with E-state index in [-0.39, 0.29) is 26.2 Å². The molecule has 0 atom stereocenters. The van der Waals surface area contributed by atoms with E-state index in [1.165, 1.54) is 0 Å². The molecule has 0 aliphatic carbocycles. The summed E-state index contributed by atoms with van der Waals surface area (Å²) in [5.41, 5.74) is 4.66. The average molecular weight is 279 g/mol. The fraction of sp³-hybridized carbons (Fsp3) is 0.467. The van der Waals surface area contributed by atoms with Crippen molar-refractivity contribution in [3.63, 3.8) is 0 Å². The van der Waals surface area contributed by atoms with E-state index < -0.39 is 17.4 Å². The third kappa shape index (κ3) is 3.17. The number of esters is 2. The number of nitrogens with two attached hydrogens (primary N) is 1. The highest BCUT2D eigenvalue weighted by Crippen LogP contribution is 2.31. The Balaban J connectivity index is 3.33. The predicted octanol–water partition coefficient (Wildman–Crippen LogP) is 1.40. The van der Waals surface area contributed by atoms with Crippen LogP contribution in [-0.4, -0.2) is 31.7 Å². The van der Waals surface area contributed by atoms with E-state index in [4.69, 9.17) is 15.2 Å². The van der Waals surface area contributed by atoms with Gasteiger partial charge in [0.15, 0.2) is 5.41 Å². The van der Waals surface area contributed by atoms with Crippen LogP contribution >= 0.6 is 0 Å². The van der Waals surface area contributed by atoms with Crippen LogP contribution in [0.5, 0.6) is 0 Å². The third-order valence-electron chi connectivity index (χ3n) is 3.03. The first-order valence-corrected chi connectivity index (χ1v) is 6.73. The number of carbonyl (C=O) groups is 2. The first kappa shape index (κ1) is 16.2. The zero-order valence-electron chi connectivity index (χ0n) is 11.9. The second-order valence-corrected chi connectivity index (χ2v) is 4.25. The molecule has 0 saturated heterocycles. The molecule has 0 amide bonds. The van der Waals surface area contributed by atoms with Crippen LogP contribution in [0.1, 0.15) is 25.8 Å². The zero-order valence-corrected chi connectivity index (χ0v) is 11.9. The number of ether oxygens (including phenoxy) is 2. The molecule has 0 fully saturated rings. The molecule has 2 N–H and O–H groups in total. The molecule has 5 nitrogen and oxygen atoms in total. The second-order valence-electron chi connectivity index (χ2n) is 4.25. The Morgan fingerprint density at radius 1 is 1.05 bits per heavy atom. The maximum absolute atomic E-state index is 12.4. The molecule has 0 aliphatic heterocycles. The van der Waals surface area contributed by atoms with Crippen molar-refractivity contribution >= 4 is 11.9 Å². The molecule has 0 radical (unpaired) electrons. The lowest BCUT2D eigenvalue weighted by atomic mass is 9.77. The predicted molar refractivity (Wildman–Crippen MR) is 75.1 cm³/mol. The van der Waals surface area contributed by atoms with Crippen molar-refractivity contribution in [2.45, 2.75) is 25.7 Å². The molecule has 0 heterocycles. The summed E-state index contributed by atoms with van der Waals surface area (Å²) in [6.45, 7) is 3.95. The first-order valence-electron chi connectivity index (χ1n) is 6.73. The summed E-state index contributed by atoms with van der Waals surface area (Å²) in [6, 6.07) is 8.76. The average Bonchev–Trinajstić information content (AvgIpc) is 2.46. The number of carbonyl (C=O) groups excluding carboxylic acids is 2. The van der Waals surface area contributed by atoms with E-state index in [0.717, 1.165) is 0 Å². The number of benzene rings is 1. The smallest absolute Gasteiger partial charge is 0.328 e. The zero-order chi connectivity index (χ0) is 15.0. The van der Waals surface area contributed by atoms with Crippen molar-refractivity contribution < 1.29 is 19.1 Å². The monoisotopic (exact) mass is 279 g/mol. The quantitative estimate of drug-likeness (QED) is 0.603. The van der Waals surface area contributed by atoms with Crippen LogP contribution < -0.4 is 5.73 Å². The minimum absolute atomic E-state index is 0.147. The topological polar surface area (TPSA) is 78.6 Å². The number of rotatable bonds is 7. The van der Waals surface area contributed by atoms with Gasteiger partial charge in [-0.25, -0.2) is 0 Å². The Labute approximate surface area is 119 Å². The Bertz CT molecular complexity index is 426. The lowest BCUT2D eigenvalue weighted by Crippen LogP contribution is -2.47. The highest BCUT2D eigenvalue weighted by atomic mass is 16.6. The van der Waals surface area contributed by atoms with Gasteiger partial charge in [0.25, 0.3) is 0 Å². The van der Waals surface area contributed by atoms with Gasteiger partial charge >= 0.3 is 11.9 Å². The summed E-state index contributed by atoms with van der Waals surface area (Å²) in [6.07, 6.45) is 0.147. The van der Waals surface area contributed by atoms with Crippen molar-refractivity contribution in [1.82, 2.24) is 0 Å². The first-order chi connectivity index (χ1) is 9.63. The highest BCUT2D eigenvalue weighted by molar-refractivity contribution is 6.06. The van der Waals surface area contributed by atoms with Gasteiger partial charge < -0.3 is 15.2 Å². The fourth-order valence-corrected chi connectivity index (χ4v) is 2.12. The van der Waals surface area contributed by atoms with Crippen molar-refractivity contribution in [3.8, 4) is 0 Å². The summed E-state index contributed by atoms with van der Waals surface area (Å²) in [4.78, 5) is 24.8. The number of hydrogen-bond donors (Lipinski definition) is 1. The van der Waals surface area contributed by atoms with Crippen LogP contribution in [-0.2, 0) is 24.5 Å². The second kappa shape index (κ2) is 7.65. The van der Waals surface area contributed by atoms with E-state index >= 15 is 0 Å². The summed E-state index contributed by atoms with van der Waals surface area (Å²) in [5, 5.41) is 0. The summed E-state index contributed by atoms with van der Waals surface area (Å²) >= 11 is 0. The van der Waals surface area contributed by atoms with Gasteiger partial charge in [-0.15, -0.1) is 0 Å². The van der Waals surface area contributed by atoms with Gasteiger partial charge in [-0.3, -0.25) is 9.59 Å². The molecule has 0 aromatic heterocycles. The minimum atomic E-state index is -1.48. The third-order valence-corrected chi connectivity index (χ3v) is 3.03. The van der Waals surface area contributed by atoms with Gasteiger partial charge in [0.2, 0.25) is 0 Å². The molecule has 110 valence electrons. The normalized spacial score (nSPS) is 10.9. The van der Waals surface area contributed by atoms with Gasteiger partial charge in [0, 0.05) is 0 Å². The van der Waals surface area contributed by atoms with E-state index in [9.17, 15) is 9.59 Å². The van der Waals surface area contributed by atoms with Crippen molar-refractivity contribution in [3.05, 3.63) is 35.9 Å². The summed E-state index contributed by atoms with van der Waals surface area (Å²) in [5.74, 6) is -1.23. The van der Waals surface area contributed by atoms with Crippen LogP contribution in [0.25, 0.3) is 0 Å². The summed E-state index contributed by atoms with van der Waals surface area (Å²) in [7, 11) is 0. The molecule has 1 aromatic rings. The maximum atomic E-state index is 12.4. The van der Waals surface area contributed by atoms with Gasteiger partial charge in [0.05, 0.1) is 13.2 Å². The molecule has 0 bridgehead atoms. The van der Waals surface area contributed by atoms with Gasteiger partial charge in [-0.1, -0.05) is 30.3 Å². The van der Waals surface area contributed by atoms with E-state index in [0.29, 0.717) is 5.56 Å². The van der Waals surface area contributed by atoms with Gasteiger partial charge in [-0.05, 0) is 32.4 Å². The van der Waals surface area contributed by atoms with Crippen LogP contribution in [0.3, 0.4) is 0 Å². The molecule has 1 rings (SSSR count). The molecular weight excluding hydrogens is 258 g/mol. The molecule has 5 heteroatoms. The van der Waals surface area contributed by atoms with Crippen molar-refractivity contribution in [2.24, 2.45) is 5.73 Å². The Morgan fingerprint density at radius 3 is 1.95 bits per heavy atom. The Kier molecular flexibility index (Phi) is 6.18. The minimum Gasteiger partial charge on any atom is -0.465 e. The van der Waals surface area contributed by atoms with Crippen LogP contribution in [0.15, 0.2) is 30.3 Å². The lowest BCUT2D eigenvalue weighted by molar-refractivity contribution is -0.165. The Morgan fingerprint density at radius 2 is 1.55 bits per heavy atom. The van der Waals surface area contributed by atoms with Crippen LogP contribution in [0, 0.1) is 0 Å². The lowest BCUT2D eigenvalue weighted by Gasteiger charge is -2.29. The van der Waals surface area contributed by atoms with E-state index in [2.05, 4.69) is 0 Å². The largest absolute Gasteiger partial charge is 0.465 e. The molecule has 1 aromatic carbocycles. The molecular formula is C15H21NO4. The SMILES string of the molecule is CCOC(=O)C(CCN)(C(=O)OCC)c1ccccc1. The molecule has 0 spiro atoms. The summed E-state index contributed by atoms with van der Waals surface area (Å²) < 4.78 is 10.2. The van der Waals surface area contributed by atoms with Crippen LogP contribution in [0.4, 0.5) is 0 Å². The van der Waals surface area contributed by atoms with Crippen molar-refractivity contribution in [2.75, 3.05) is 19.8 Å². The molecule has 0 aliphatic rings.